The number of ether oxygens (including phenoxy) is 2. The molecule has 59 heavy (non-hydrogen) atoms. The predicted molar refractivity (Wildman–Crippen MR) is 246 cm³/mol. The molecule has 0 heterocycles. The average molecular weight is 849 g/mol. The minimum atomic E-state index is -4.54. The molecule has 3 atom stereocenters. The summed E-state index contributed by atoms with van der Waals surface area (Å²) in [5, 5.41) is 18.4. The summed E-state index contributed by atoms with van der Waals surface area (Å²) in [7, 11) is -4.54. The first-order chi connectivity index (χ1) is 28.8. The van der Waals surface area contributed by atoms with Crippen LogP contribution in [0.4, 0.5) is 0 Å². The van der Waals surface area contributed by atoms with Crippen molar-refractivity contribution >= 4 is 13.8 Å². The van der Waals surface area contributed by atoms with Gasteiger partial charge in [-0.1, -0.05) is 163 Å². The highest BCUT2D eigenvalue weighted by Gasteiger charge is 2.26. The molecule has 9 nitrogen and oxygen atoms in total. The zero-order valence-corrected chi connectivity index (χ0v) is 38.1. The third kappa shape index (κ3) is 45.0. The maximum atomic E-state index is 12.6. The molecule has 0 aromatic rings. The van der Waals surface area contributed by atoms with Gasteiger partial charge >= 0.3 is 13.8 Å². The van der Waals surface area contributed by atoms with Crippen molar-refractivity contribution in [1.82, 2.24) is 0 Å². The number of rotatable bonds is 43. The van der Waals surface area contributed by atoms with Gasteiger partial charge < -0.3 is 24.6 Å². The SMILES string of the molecule is CC/C=C\C/C=C\C/C=C\C/C=C\C/C=C\C/C=C\CCCCC(=O)OC(COCCCCCCCC/C=C\CCCCCCCCC)COP(=O)(O)OCC(O)CO. The Morgan fingerprint density at radius 3 is 1.47 bits per heavy atom. The molecule has 3 N–H and O–H groups in total. The van der Waals surface area contributed by atoms with Gasteiger partial charge in [-0.25, -0.2) is 4.57 Å². The summed E-state index contributed by atoms with van der Waals surface area (Å²) in [6.45, 7) is 3.32. The van der Waals surface area contributed by atoms with Crippen molar-refractivity contribution in [2.24, 2.45) is 0 Å². The van der Waals surface area contributed by atoms with Crippen LogP contribution in [0.3, 0.4) is 0 Å². The number of carbonyl (C=O) groups is 1. The Morgan fingerprint density at radius 2 is 0.966 bits per heavy atom. The lowest BCUT2D eigenvalue weighted by Crippen LogP contribution is -2.29. The summed E-state index contributed by atoms with van der Waals surface area (Å²) in [6.07, 6.45) is 55.4. The molecule has 0 saturated heterocycles. The van der Waals surface area contributed by atoms with Gasteiger partial charge in [0, 0.05) is 13.0 Å². The van der Waals surface area contributed by atoms with E-state index in [-0.39, 0.29) is 13.0 Å². The van der Waals surface area contributed by atoms with Gasteiger partial charge in [-0.2, -0.15) is 0 Å². The van der Waals surface area contributed by atoms with Crippen molar-refractivity contribution < 1.29 is 43.0 Å². The fraction of sp³-hybridized carbons (Fsp3) is 0.694. The molecule has 0 aliphatic carbocycles. The van der Waals surface area contributed by atoms with E-state index in [0.717, 1.165) is 77.0 Å². The van der Waals surface area contributed by atoms with Gasteiger partial charge in [0.15, 0.2) is 0 Å². The smallest absolute Gasteiger partial charge is 0.457 e. The molecule has 0 rings (SSSR count). The Hall–Kier alpha value is -2.36. The molecule has 0 aliphatic rings. The van der Waals surface area contributed by atoms with Crippen molar-refractivity contribution in [2.45, 2.75) is 187 Å². The van der Waals surface area contributed by atoms with Crippen molar-refractivity contribution in [3.8, 4) is 0 Å². The molecule has 0 aliphatic heterocycles. The molecule has 3 unspecified atom stereocenters. The van der Waals surface area contributed by atoms with E-state index in [0.29, 0.717) is 13.0 Å². The lowest BCUT2D eigenvalue weighted by molar-refractivity contribution is -0.154. The van der Waals surface area contributed by atoms with Gasteiger partial charge in [-0.3, -0.25) is 13.8 Å². The number of phosphoric ester groups is 1. The summed E-state index contributed by atoms with van der Waals surface area (Å²) in [4.78, 5) is 22.6. The molecule has 0 aromatic carbocycles. The second-order valence-electron chi connectivity index (χ2n) is 15.0. The van der Waals surface area contributed by atoms with Crippen LogP contribution in [-0.2, 0) is 27.9 Å². The normalized spacial score (nSPS) is 14.7. The van der Waals surface area contributed by atoms with Crippen LogP contribution in [0, 0.1) is 0 Å². The highest BCUT2D eigenvalue weighted by Crippen LogP contribution is 2.43. The summed E-state index contributed by atoms with van der Waals surface area (Å²) in [5.74, 6) is -0.429. The Labute approximate surface area is 360 Å². The van der Waals surface area contributed by atoms with Crippen LogP contribution in [0.2, 0.25) is 0 Å². The van der Waals surface area contributed by atoms with E-state index in [2.05, 4.69) is 98.9 Å². The summed E-state index contributed by atoms with van der Waals surface area (Å²) in [5.41, 5.74) is 0. The van der Waals surface area contributed by atoms with Crippen LogP contribution in [-0.4, -0.2) is 66.3 Å². The zero-order valence-electron chi connectivity index (χ0n) is 37.2. The first kappa shape index (κ1) is 56.6. The van der Waals surface area contributed by atoms with E-state index < -0.39 is 45.8 Å². The third-order valence-corrected chi connectivity index (χ3v) is 10.3. The average Bonchev–Trinajstić information content (AvgIpc) is 3.23. The number of allylic oxidation sites excluding steroid dienone is 14. The number of carbonyl (C=O) groups excluding carboxylic acids is 1. The molecular weight excluding hydrogens is 764 g/mol. The largest absolute Gasteiger partial charge is 0.472 e. The van der Waals surface area contributed by atoms with Crippen molar-refractivity contribution in [3.63, 3.8) is 0 Å². The molecule has 10 heteroatoms. The first-order valence-electron chi connectivity index (χ1n) is 23.1. The van der Waals surface area contributed by atoms with E-state index in [1.54, 1.807) is 0 Å². The Morgan fingerprint density at radius 1 is 0.542 bits per heavy atom. The molecular formula is C49H85O9P. The third-order valence-electron chi connectivity index (χ3n) is 9.31. The second kappa shape index (κ2) is 45.2. The van der Waals surface area contributed by atoms with Gasteiger partial charge in [0.1, 0.15) is 12.2 Å². The number of phosphoric acid groups is 1. The van der Waals surface area contributed by atoms with Crippen LogP contribution in [0.1, 0.15) is 174 Å². The quantitative estimate of drug-likeness (QED) is 0.0237. The Kier molecular flexibility index (Phi) is 43.4. The predicted octanol–water partition coefficient (Wildman–Crippen LogP) is 13.1. The van der Waals surface area contributed by atoms with Crippen molar-refractivity contribution in [3.05, 3.63) is 85.1 Å². The molecule has 340 valence electrons. The van der Waals surface area contributed by atoms with E-state index in [1.165, 1.54) is 70.6 Å². The minimum Gasteiger partial charge on any atom is -0.457 e. The van der Waals surface area contributed by atoms with E-state index in [9.17, 15) is 19.4 Å². The molecule has 0 radical (unpaired) electrons. The standard InChI is InChI=1S/C49H85O9P/c1-3-5-7-9-11-13-15-17-19-21-22-23-24-25-27-29-31-33-35-37-39-41-49(52)58-48(46-57-59(53,54)56-44-47(51)43-50)45-55-42-40-38-36-34-32-30-28-26-20-18-16-14-12-10-8-6-4-2/h5,7,11,13,17,19-20,22-23,25-27,31,33,47-48,50-51H,3-4,6,8-10,12,14-16,18,21,24,28-30,32,34-46H2,1-2H3,(H,53,54)/b7-5-,13-11-,19-17-,23-22-,26-20-,27-25-,33-31-. The molecule has 0 fully saturated rings. The van der Waals surface area contributed by atoms with Crippen LogP contribution >= 0.6 is 7.82 Å². The maximum Gasteiger partial charge on any atom is 0.472 e. The number of unbranched alkanes of at least 4 members (excludes halogenated alkanes) is 15. The van der Waals surface area contributed by atoms with Gasteiger partial charge in [0.25, 0.3) is 0 Å². The van der Waals surface area contributed by atoms with Crippen LogP contribution in [0.15, 0.2) is 85.1 Å². The first-order valence-corrected chi connectivity index (χ1v) is 24.6. The molecule has 0 amide bonds. The van der Waals surface area contributed by atoms with Gasteiger partial charge in [-0.05, 0) is 89.9 Å². The number of hydrogen-bond acceptors (Lipinski definition) is 8. The second-order valence-corrected chi connectivity index (χ2v) is 16.5. The highest BCUT2D eigenvalue weighted by atomic mass is 31.2. The van der Waals surface area contributed by atoms with Crippen LogP contribution < -0.4 is 0 Å². The van der Waals surface area contributed by atoms with Gasteiger partial charge in [-0.15, -0.1) is 0 Å². The fourth-order valence-corrected chi connectivity index (χ4v) is 6.61. The van der Waals surface area contributed by atoms with E-state index in [1.807, 2.05) is 0 Å². The number of aliphatic hydroxyl groups is 2. The molecule has 0 aromatic heterocycles. The number of hydrogen-bond donors (Lipinski definition) is 3. The minimum absolute atomic E-state index is 0.0226. The summed E-state index contributed by atoms with van der Waals surface area (Å²) in [6, 6.07) is 0. The number of aliphatic hydroxyl groups excluding tert-OH is 2. The van der Waals surface area contributed by atoms with Crippen molar-refractivity contribution in [2.75, 3.05) is 33.0 Å². The molecule has 0 spiro atoms. The fourth-order valence-electron chi connectivity index (χ4n) is 5.82. The summed E-state index contributed by atoms with van der Waals surface area (Å²) < 4.78 is 33.4. The van der Waals surface area contributed by atoms with Crippen LogP contribution in [0.5, 0.6) is 0 Å². The monoisotopic (exact) mass is 849 g/mol. The lowest BCUT2D eigenvalue weighted by Gasteiger charge is -2.20. The summed E-state index contributed by atoms with van der Waals surface area (Å²) >= 11 is 0. The van der Waals surface area contributed by atoms with Crippen molar-refractivity contribution in [1.29, 1.82) is 0 Å². The topological polar surface area (TPSA) is 132 Å². The molecule has 0 bridgehead atoms. The lowest BCUT2D eigenvalue weighted by atomic mass is 10.1. The van der Waals surface area contributed by atoms with Crippen LogP contribution in [0.25, 0.3) is 0 Å². The maximum absolute atomic E-state index is 12.6. The van der Waals surface area contributed by atoms with E-state index in [4.69, 9.17) is 23.6 Å². The Bertz CT molecular complexity index is 1190. The Balaban J connectivity index is 4.27. The highest BCUT2D eigenvalue weighted by molar-refractivity contribution is 7.47. The van der Waals surface area contributed by atoms with E-state index >= 15 is 0 Å². The zero-order chi connectivity index (χ0) is 43.2. The van der Waals surface area contributed by atoms with Gasteiger partial charge in [0.05, 0.1) is 26.4 Å². The molecule has 0 saturated carbocycles. The number of esters is 1. The van der Waals surface area contributed by atoms with Gasteiger partial charge in [0.2, 0.25) is 0 Å².